The molecule has 1 N–H and O–H groups in total. The number of benzene rings is 4. The first kappa shape index (κ1) is 30.3. The molecule has 1 aliphatic heterocycles. The third-order valence-corrected chi connectivity index (χ3v) is 10.6. The van der Waals surface area contributed by atoms with Crippen LogP contribution in [0.25, 0.3) is 0 Å². The number of rotatable bonds is 12. The van der Waals surface area contributed by atoms with Gasteiger partial charge in [0.1, 0.15) is 4.32 Å². The Morgan fingerprint density at radius 3 is 1.90 bits per heavy atom. The van der Waals surface area contributed by atoms with Gasteiger partial charge in [0.15, 0.2) is 0 Å². The van der Waals surface area contributed by atoms with Gasteiger partial charge in [0.25, 0.3) is 0 Å². The summed E-state index contributed by atoms with van der Waals surface area (Å²) in [5.74, 6) is 1.50. The van der Waals surface area contributed by atoms with Crippen LogP contribution in [-0.4, -0.2) is 43.9 Å². The Morgan fingerprint density at radius 2 is 1.38 bits per heavy atom. The van der Waals surface area contributed by atoms with E-state index in [2.05, 4.69) is 103 Å². The van der Waals surface area contributed by atoms with Crippen molar-refractivity contribution in [3.8, 4) is 0 Å². The number of hydrogen-bond donors (Lipinski definition) is 1. The zero-order chi connectivity index (χ0) is 29.2. The monoisotopic (exact) mass is 609 g/mol. The van der Waals surface area contributed by atoms with Crippen LogP contribution in [0, 0.1) is 0 Å². The Labute approximate surface area is 263 Å². The summed E-state index contributed by atoms with van der Waals surface area (Å²) in [6, 6.07) is 42.1. The fraction of sp³-hybridized carbons (Fsp3) is 0.222. The van der Waals surface area contributed by atoms with E-state index in [0.29, 0.717) is 4.32 Å². The Bertz CT molecular complexity index is 1370. The molecule has 3 nitrogen and oxygen atoms in total. The van der Waals surface area contributed by atoms with Gasteiger partial charge < -0.3 is 5.11 Å². The topological polar surface area (TPSA) is 40.5 Å². The van der Waals surface area contributed by atoms with Crippen LogP contribution in [-0.2, 0) is 16.0 Å². The summed E-state index contributed by atoms with van der Waals surface area (Å²) in [6.45, 7) is 0. The van der Waals surface area contributed by atoms with Crippen molar-refractivity contribution in [2.45, 2.75) is 36.2 Å². The highest BCUT2D eigenvalue weighted by Gasteiger charge is 2.37. The van der Waals surface area contributed by atoms with Gasteiger partial charge in [0.05, 0.1) is 23.3 Å². The molecule has 214 valence electrons. The minimum Gasteiger partial charge on any atom is -0.389 e. The van der Waals surface area contributed by atoms with Crippen molar-refractivity contribution in [2.24, 2.45) is 0 Å². The van der Waals surface area contributed by atoms with Crippen molar-refractivity contribution in [3.63, 3.8) is 0 Å². The van der Waals surface area contributed by atoms with E-state index in [9.17, 15) is 9.90 Å². The first-order chi connectivity index (χ1) is 20.6. The molecule has 4 aromatic carbocycles. The lowest BCUT2D eigenvalue weighted by molar-refractivity contribution is -0.129. The minimum absolute atomic E-state index is 0.0204. The van der Waals surface area contributed by atoms with E-state index in [1.165, 1.54) is 22.3 Å². The van der Waals surface area contributed by atoms with Crippen molar-refractivity contribution in [2.75, 3.05) is 11.5 Å². The lowest BCUT2D eigenvalue weighted by Crippen LogP contribution is -2.41. The smallest absolute Gasteiger partial charge is 0.231 e. The van der Waals surface area contributed by atoms with E-state index in [-0.39, 0.29) is 23.1 Å². The molecule has 0 spiro atoms. The number of thiocarbonyl (C=S) groups is 1. The van der Waals surface area contributed by atoms with Crippen LogP contribution in [0.2, 0.25) is 0 Å². The first-order valence-corrected chi connectivity index (χ1v) is 16.6. The molecule has 1 heterocycles. The summed E-state index contributed by atoms with van der Waals surface area (Å²) in [5, 5.41) is 10.7. The van der Waals surface area contributed by atoms with Crippen LogP contribution in [0.5, 0.6) is 0 Å². The van der Waals surface area contributed by atoms with E-state index in [0.717, 1.165) is 24.3 Å². The van der Waals surface area contributed by atoms with Crippen molar-refractivity contribution in [3.05, 3.63) is 156 Å². The average Bonchev–Trinajstić information content (AvgIpc) is 3.40. The molecule has 0 radical (unpaired) electrons. The van der Waals surface area contributed by atoms with Crippen LogP contribution >= 0.6 is 35.7 Å². The van der Waals surface area contributed by atoms with Gasteiger partial charge >= 0.3 is 0 Å². The third-order valence-electron chi connectivity index (χ3n) is 7.43. The SMILES string of the molecule is O=C(C[C@@H](O)/C=C/CCSC(c1ccccc1)(c1ccccc1)c1ccccc1)N1C(=S)SC[C@@H]1Cc1ccccc1. The van der Waals surface area contributed by atoms with Gasteiger partial charge in [-0.05, 0) is 40.8 Å². The number of carbonyl (C=O) groups is 1. The van der Waals surface area contributed by atoms with Crippen LogP contribution in [0.4, 0.5) is 0 Å². The van der Waals surface area contributed by atoms with Gasteiger partial charge in [0.2, 0.25) is 5.91 Å². The molecular formula is C36H35NO2S3. The molecule has 1 saturated heterocycles. The lowest BCUT2D eigenvalue weighted by atomic mass is 9.84. The number of carbonyl (C=O) groups excluding carboxylic acids is 1. The van der Waals surface area contributed by atoms with E-state index in [1.54, 1.807) is 22.7 Å². The molecule has 0 unspecified atom stereocenters. The molecule has 42 heavy (non-hydrogen) atoms. The molecule has 4 aromatic rings. The van der Waals surface area contributed by atoms with Crippen molar-refractivity contribution < 1.29 is 9.90 Å². The Hall–Kier alpha value is -3.16. The largest absolute Gasteiger partial charge is 0.389 e. The fourth-order valence-corrected chi connectivity index (χ4v) is 8.36. The second-order valence-electron chi connectivity index (χ2n) is 10.3. The summed E-state index contributed by atoms with van der Waals surface area (Å²) < 4.78 is 0.232. The van der Waals surface area contributed by atoms with Gasteiger partial charge in [-0.2, -0.15) is 0 Å². The van der Waals surface area contributed by atoms with Gasteiger partial charge in [-0.15, -0.1) is 11.8 Å². The van der Waals surface area contributed by atoms with Crippen LogP contribution in [0.15, 0.2) is 133 Å². The molecule has 1 fully saturated rings. The zero-order valence-electron chi connectivity index (χ0n) is 23.4. The molecule has 5 rings (SSSR count). The number of allylic oxidation sites excluding steroid dienone is 1. The van der Waals surface area contributed by atoms with Crippen LogP contribution < -0.4 is 0 Å². The third kappa shape index (κ3) is 7.24. The number of hydrogen-bond acceptors (Lipinski definition) is 5. The van der Waals surface area contributed by atoms with Crippen LogP contribution in [0.1, 0.15) is 35.1 Å². The number of aliphatic hydroxyl groups excluding tert-OH is 1. The minimum atomic E-state index is -0.851. The summed E-state index contributed by atoms with van der Waals surface area (Å²) in [5.41, 5.74) is 4.87. The Morgan fingerprint density at radius 1 is 0.881 bits per heavy atom. The van der Waals surface area contributed by atoms with Crippen molar-refractivity contribution in [1.82, 2.24) is 4.90 Å². The Balaban J connectivity index is 1.24. The maximum atomic E-state index is 13.2. The second-order valence-corrected chi connectivity index (χ2v) is 13.3. The molecule has 6 heteroatoms. The van der Waals surface area contributed by atoms with Gasteiger partial charge in [0, 0.05) is 5.75 Å². The van der Waals surface area contributed by atoms with Crippen LogP contribution in [0.3, 0.4) is 0 Å². The summed E-state index contributed by atoms with van der Waals surface area (Å²) in [7, 11) is 0. The summed E-state index contributed by atoms with van der Waals surface area (Å²) in [4.78, 5) is 14.9. The standard InChI is InChI=1S/C36H35NO2S3/c38-33(26-34(39)37-32(27-41-35(37)40)25-28-15-5-1-6-16-28)23-13-14-24-42-36(29-17-7-2-8-18-29,30-19-9-3-10-20-30)31-21-11-4-12-22-31/h1-13,15-23,32-33,38H,14,24-27H2/b23-13+/t32-,33-/m0/s1. The normalized spacial score (nSPS) is 16.2. The predicted molar refractivity (Wildman–Crippen MR) is 182 cm³/mol. The molecule has 0 saturated carbocycles. The number of aliphatic hydroxyl groups is 1. The molecule has 0 aromatic heterocycles. The predicted octanol–water partition coefficient (Wildman–Crippen LogP) is 7.88. The highest BCUT2D eigenvalue weighted by molar-refractivity contribution is 8.23. The van der Waals surface area contributed by atoms with E-state index >= 15 is 0 Å². The van der Waals surface area contributed by atoms with E-state index < -0.39 is 6.10 Å². The van der Waals surface area contributed by atoms with Crippen molar-refractivity contribution >= 4 is 46.0 Å². The summed E-state index contributed by atoms with van der Waals surface area (Å²) in [6.07, 6.45) is 4.45. The average molecular weight is 610 g/mol. The van der Waals surface area contributed by atoms with Crippen molar-refractivity contribution in [1.29, 1.82) is 0 Å². The highest BCUT2D eigenvalue weighted by atomic mass is 32.2. The number of thioether (sulfide) groups is 2. The fourth-order valence-electron chi connectivity index (χ4n) is 5.45. The Kier molecular flexibility index (Phi) is 10.7. The van der Waals surface area contributed by atoms with Gasteiger partial charge in [-0.1, -0.05) is 157 Å². The molecular weight excluding hydrogens is 575 g/mol. The molecule has 2 atom stereocenters. The van der Waals surface area contributed by atoms with Gasteiger partial charge in [-0.3, -0.25) is 9.69 Å². The second kappa shape index (κ2) is 14.8. The molecule has 0 aliphatic carbocycles. The van der Waals surface area contributed by atoms with E-state index in [4.69, 9.17) is 12.2 Å². The maximum absolute atomic E-state index is 13.2. The first-order valence-electron chi connectivity index (χ1n) is 14.3. The molecule has 1 aliphatic rings. The quantitative estimate of drug-likeness (QED) is 0.0766. The summed E-state index contributed by atoms with van der Waals surface area (Å²) >= 11 is 8.94. The number of nitrogens with zero attached hydrogens (tertiary/aromatic N) is 1. The highest BCUT2D eigenvalue weighted by Crippen LogP contribution is 2.48. The maximum Gasteiger partial charge on any atom is 0.231 e. The molecule has 1 amide bonds. The van der Waals surface area contributed by atoms with Gasteiger partial charge in [-0.25, -0.2) is 0 Å². The molecule has 0 bridgehead atoms. The number of amides is 1. The lowest BCUT2D eigenvalue weighted by Gasteiger charge is -2.35. The van der Waals surface area contributed by atoms with E-state index in [1.807, 2.05) is 36.0 Å². The zero-order valence-corrected chi connectivity index (χ0v) is 25.9.